The smallest absolute Gasteiger partial charge is 0.326 e. The molecule has 1 fully saturated rings. The molecule has 0 unspecified atom stereocenters. The van der Waals surface area contributed by atoms with Crippen LogP contribution in [0.4, 0.5) is 4.79 Å². The first-order chi connectivity index (χ1) is 28.1. The van der Waals surface area contributed by atoms with E-state index >= 15 is 0 Å². The molecule has 4 amide bonds. The standard InChI is InChI=1S/C43H55N5O11/c1-43(2,41(57)59-26-28-10-4-3-5-11-28)45-25-27-15-17-30(18-16-27)37(51)48-36(32-20-19-29-12-6-7-13-31(29)24-32)38(52)44-23-9-8-14-33(39(53)54)46-42(58)47-34(40(55)56)21-22-35(49)50/h3-7,10-13,19-20,24,27,30,33-34,36,45H,8-9,14-18,21-23,25-26H2,1-2H3,(H,44,52)(H,48,51)(H,49,50)(H,53,54)(H,55,56)(H2,46,47,58)/t27-,30-,33-,34-,36-/m0/s1. The van der Waals surface area contributed by atoms with Gasteiger partial charge in [0.2, 0.25) is 11.8 Å². The zero-order valence-corrected chi connectivity index (χ0v) is 33.4. The van der Waals surface area contributed by atoms with Gasteiger partial charge >= 0.3 is 29.9 Å². The van der Waals surface area contributed by atoms with Gasteiger partial charge in [0.15, 0.2) is 0 Å². The number of rotatable bonds is 22. The Morgan fingerprint density at radius 1 is 0.746 bits per heavy atom. The molecule has 0 aromatic heterocycles. The SMILES string of the molecule is CC(C)(NC[C@H]1CC[C@H](C(=O)N[C@H](C(=O)NCCCC[C@H](NC(=O)N[C@@H](CCC(=O)O)C(=O)O)C(=O)O)c2ccc3ccccc3c2)CC1)C(=O)OCc1ccccc1. The van der Waals surface area contributed by atoms with E-state index < -0.39 is 59.9 Å². The van der Waals surface area contributed by atoms with Crippen LogP contribution >= 0.6 is 0 Å². The lowest BCUT2D eigenvalue weighted by atomic mass is 9.81. The van der Waals surface area contributed by atoms with Gasteiger partial charge in [-0.2, -0.15) is 0 Å². The van der Waals surface area contributed by atoms with Crippen molar-refractivity contribution in [1.29, 1.82) is 0 Å². The number of aliphatic carboxylic acids is 3. The number of urea groups is 1. The van der Waals surface area contributed by atoms with E-state index in [9.17, 15) is 43.8 Å². The topological polar surface area (TPSA) is 250 Å². The molecule has 16 nitrogen and oxygen atoms in total. The number of esters is 1. The summed E-state index contributed by atoms with van der Waals surface area (Å²) >= 11 is 0. The molecule has 59 heavy (non-hydrogen) atoms. The third kappa shape index (κ3) is 14.7. The number of carboxylic acids is 3. The van der Waals surface area contributed by atoms with Crippen LogP contribution < -0.4 is 26.6 Å². The van der Waals surface area contributed by atoms with E-state index in [-0.39, 0.29) is 56.1 Å². The fourth-order valence-corrected chi connectivity index (χ4v) is 6.88. The Labute approximate surface area is 342 Å². The van der Waals surface area contributed by atoms with Gasteiger partial charge in [0.1, 0.15) is 30.3 Å². The van der Waals surface area contributed by atoms with Gasteiger partial charge in [-0.3, -0.25) is 19.2 Å². The highest BCUT2D eigenvalue weighted by molar-refractivity contribution is 5.91. The van der Waals surface area contributed by atoms with Crippen molar-refractivity contribution < 1.29 is 53.6 Å². The maximum absolute atomic E-state index is 13.7. The average molecular weight is 818 g/mol. The number of amides is 4. The third-order valence-corrected chi connectivity index (χ3v) is 10.5. The van der Waals surface area contributed by atoms with E-state index in [1.54, 1.807) is 19.9 Å². The van der Waals surface area contributed by atoms with Gasteiger partial charge in [-0.25, -0.2) is 14.4 Å². The highest BCUT2D eigenvalue weighted by atomic mass is 16.5. The zero-order chi connectivity index (χ0) is 43.0. The van der Waals surface area contributed by atoms with Crippen LogP contribution in [0.25, 0.3) is 10.8 Å². The van der Waals surface area contributed by atoms with Crippen LogP contribution in [0.2, 0.25) is 0 Å². The molecular weight excluding hydrogens is 762 g/mol. The number of hydrogen-bond donors (Lipinski definition) is 8. The summed E-state index contributed by atoms with van der Waals surface area (Å²) in [5, 5.41) is 43.1. The largest absolute Gasteiger partial charge is 0.481 e. The summed E-state index contributed by atoms with van der Waals surface area (Å²) < 4.78 is 5.54. The maximum Gasteiger partial charge on any atom is 0.326 e. The molecule has 1 aliphatic carbocycles. The second-order valence-corrected chi connectivity index (χ2v) is 15.5. The van der Waals surface area contributed by atoms with Crippen molar-refractivity contribution in [3.63, 3.8) is 0 Å². The van der Waals surface area contributed by atoms with E-state index in [2.05, 4.69) is 26.6 Å². The lowest BCUT2D eigenvalue weighted by Gasteiger charge is -2.32. The van der Waals surface area contributed by atoms with Crippen LogP contribution in [-0.2, 0) is 40.1 Å². The van der Waals surface area contributed by atoms with Crippen LogP contribution in [0, 0.1) is 11.8 Å². The molecule has 0 heterocycles. The van der Waals surface area contributed by atoms with Gasteiger partial charge < -0.3 is 46.6 Å². The Hall–Kier alpha value is -6.03. The number of unbranched alkanes of at least 4 members (excludes halogenated alkanes) is 1. The van der Waals surface area contributed by atoms with Crippen LogP contribution in [0.5, 0.6) is 0 Å². The number of hydrogen-bond acceptors (Lipinski definition) is 9. The highest BCUT2D eigenvalue weighted by Crippen LogP contribution is 2.30. The Balaban J connectivity index is 1.28. The number of fused-ring (bicyclic) bond motifs is 1. The number of ether oxygens (including phenoxy) is 1. The van der Waals surface area contributed by atoms with Crippen molar-refractivity contribution in [2.24, 2.45) is 11.8 Å². The van der Waals surface area contributed by atoms with Crippen molar-refractivity contribution in [3.8, 4) is 0 Å². The van der Waals surface area contributed by atoms with Gasteiger partial charge in [0.25, 0.3) is 0 Å². The van der Waals surface area contributed by atoms with Gasteiger partial charge in [0.05, 0.1) is 0 Å². The lowest BCUT2D eigenvalue weighted by Crippen LogP contribution is -2.51. The van der Waals surface area contributed by atoms with Crippen LogP contribution in [-0.4, -0.2) is 87.8 Å². The summed E-state index contributed by atoms with van der Waals surface area (Å²) in [5.74, 6) is -5.16. The highest BCUT2D eigenvalue weighted by Gasteiger charge is 2.33. The van der Waals surface area contributed by atoms with Crippen LogP contribution in [0.3, 0.4) is 0 Å². The molecule has 8 N–H and O–H groups in total. The van der Waals surface area contributed by atoms with Crippen molar-refractivity contribution in [1.82, 2.24) is 26.6 Å². The monoisotopic (exact) mass is 817 g/mol. The quantitative estimate of drug-likeness (QED) is 0.0523. The van der Waals surface area contributed by atoms with Crippen LogP contribution in [0.1, 0.15) is 88.8 Å². The molecule has 0 aliphatic heterocycles. The molecule has 1 aliphatic rings. The summed E-state index contributed by atoms with van der Waals surface area (Å²) in [7, 11) is 0. The normalized spacial score (nSPS) is 16.8. The number of carbonyl (C=O) groups excluding carboxylic acids is 4. The van der Waals surface area contributed by atoms with Gasteiger partial charge in [-0.05, 0) is 106 Å². The molecule has 0 bridgehead atoms. The second kappa shape index (κ2) is 22.2. The molecule has 0 spiro atoms. The minimum Gasteiger partial charge on any atom is -0.481 e. The molecule has 3 aromatic carbocycles. The fourth-order valence-electron chi connectivity index (χ4n) is 6.88. The van der Waals surface area contributed by atoms with Gasteiger partial charge in [-0.15, -0.1) is 0 Å². The fraction of sp³-hybridized carbons (Fsp3) is 0.465. The Bertz CT molecular complexity index is 1930. The first kappa shape index (κ1) is 45.7. The Kier molecular flexibility index (Phi) is 17.2. The minimum atomic E-state index is -1.52. The van der Waals surface area contributed by atoms with E-state index in [4.69, 9.17) is 9.84 Å². The first-order valence-electron chi connectivity index (χ1n) is 19.9. The number of carboxylic acid groups (broad SMARTS) is 3. The summed E-state index contributed by atoms with van der Waals surface area (Å²) in [5.41, 5.74) is 0.606. The predicted octanol–water partition coefficient (Wildman–Crippen LogP) is 4.27. The van der Waals surface area contributed by atoms with E-state index in [0.717, 1.165) is 29.2 Å². The summed E-state index contributed by atoms with van der Waals surface area (Å²) in [6.07, 6.45) is 2.39. The van der Waals surface area contributed by atoms with Crippen molar-refractivity contribution in [2.45, 2.75) is 102 Å². The molecule has 0 saturated heterocycles. The Morgan fingerprint density at radius 2 is 1.37 bits per heavy atom. The van der Waals surface area contributed by atoms with Gasteiger partial charge in [0, 0.05) is 18.9 Å². The number of nitrogens with one attached hydrogen (secondary N) is 5. The molecule has 16 heteroatoms. The van der Waals surface area contributed by atoms with E-state index in [1.807, 2.05) is 66.7 Å². The summed E-state index contributed by atoms with van der Waals surface area (Å²) in [4.78, 5) is 86.6. The number of carbonyl (C=O) groups is 7. The Morgan fingerprint density at radius 3 is 2.02 bits per heavy atom. The van der Waals surface area contributed by atoms with E-state index in [1.165, 1.54) is 0 Å². The summed E-state index contributed by atoms with van der Waals surface area (Å²) in [6.45, 7) is 4.49. The predicted molar refractivity (Wildman–Crippen MR) is 217 cm³/mol. The van der Waals surface area contributed by atoms with Crippen molar-refractivity contribution >= 4 is 52.5 Å². The van der Waals surface area contributed by atoms with E-state index in [0.29, 0.717) is 31.4 Å². The lowest BCUT2D eigenvalue weighted by molar-refractivity contribution is -0.152. The first-order valence-corrected chi connectivity index (χ1v) is 19.9. The van der Waals surface area contributed by atoms with Crippen molar-refractivity contribution in [2.75, 3.05) is 13.1 Å². The molecule has 4 rings (SSSR count). The van der Waals surface area contributed by atoms with Crippen LogP contribution in [0.15, 0.2) is 72.8 Å². The van der Waals surface area contributed by atoms with Gasteiger partial charge in [-0.1, -0.05) is 66.7 Å². The molecular formula is C43H55N5O11. The molecule has 318 valence electrons. The molecule has 1 saturated carbocycles. The third-order valence-electron chi connectivity index (χ3n) is 10.5. The summed E-state index contributed by atoms with van der Waals surface area (Å²) in [6, 6.07) is 17.7. The molecule has 0 radical (unpaired) electrons. The average Bonchev–Trinajstić information content (AvgIpc) is 3.22. The number of benzene rings is 3. The van der Waals surface area contributed by atoms with Crippen molar-refractivity contribution in [3.05, 3.63) is 83.9 Å². The molecule has 3 aromatic rings. The second-order valence-electron chi connectivity index (χ2n) is 15.5. The zero-order valence-electron chi connectivity index (χ0n) is 33.4. The maximum atomic E-state index is 13.7. The minimum absolute atomic E-state index is 0.0373. The molecule has 3 atom stereocenters.